The molecular weight excluding hydrogens is 344 g/mol. The average molecular weight is 356 g/mol. The monoisotopic (exact) mass is 354 g/mol. The molecule has 4 nitrogen and oxygen atoms in total. The molecule has 0 aliphatic rings. The van der Waals surface area contributed by atoms with E-state index in [1.54, 1.807) is 30.3 Å². The van der Waals surface area contributed by atoms with E-state index in [1.807, 2.05) is 12.1 Å². The summed E-state index contributed by atoms with van der Waals surface area (Å²) in [6, 6.07) is 12.4. The highest BCUT2D eigenvalue weighted by Gasteiger charge is 2.06. The third-order valence-electron chi connectivity index (χ3n) is 2.61. The molecule has 2 rings (SSSR count). The van der Waals surface area contributed by atoms with Gasteiger partial charge in [0, 0.05) is 10.0 Å². The highest BCUT2D eigenvalue weighted by Crippen LogP contribution is 2.28. The maximum Gasteiger partial charge on any atom is 0.265 e. The summed E-state index contributed by atoms with van der Waals surface area (Å²) in [5, 5.41) is 0.532. The molecular formula is C14H12BrClN2O2. The number of nitrogens with one attached hydrogen (secondary N) is 1. The minimum atomic E-state index is -0.340. The number of hydrogen-bond donors (Lipinski definition) is 2. The molecule has 104 valence electrons. The molecule has 0 atom stereocenters. The number of benzene rings is 2. The fourth-order valence-electron chi connectivity index (χ4n) is 1.63. The SMILES string of the molecule is NNC(=O)c1cccc(COc2cc(Br)ccc2Cl)c1. The second kappa shape index (κ2) is 6.74. The summed E-state index contributed by atoms with van der Waals surface area (Å²) in [5.74, 6) is 5.34. The van der Waals surface area contributed by atoms with Crippen LogP contribution in [0.15, 0.2) is 46.9 Å². The number of amides is 1. The topological polar surface area (TPSA) is 64.3 Å². The lowest BCUT2D eigenvalue weighted by molar-refractivity contribution is 0.0953. The predicted molar refractivity (Wildman–Crippen MR) is 81.6 cm³/mol. The molecule has 0 aliphatic carbocycles. The minimum Gasteiger partial charge on any atom is -0.487 e. The molecule has 0 saturated carbocycles. The number of hydrazine groups is 1. The highest BCUT2D eigenvalue weighted by atomic mass is 79.9. The summed E-state index contributed by atoms with van der Waals surface area (Å²) in [5.41, 5.74) is 3.42. The molecule has 1 amide bonds. The van der Waals surface area contributed by atoms with Crippen LogP contribution in [0, 0.1) is 0 Å². The lowest BCUT2D eigenvalue weighted by Gasteiger charge is -2.09. The fraction of sp³-hybridized carbons (Fsp3) is 0.0714. The number of hydrogen-bond acceptors (Lipinski definition) is 3. The molecule has 0 radical (unpaired) electrons. The van der Waals surface area contributed by atoms with Crippen molar-refractivity contribution in [1.29, 1.82) is 0 Å². The van der Waals surface area contributed by atoms with Crippen molar-refractivity contribution >= 4 is 33.4 Å². The molecule has 0 bridgehead atoms. The summed E-state index contributed by atoms with van der Waals surface area (Å²) in [7, 11) is 0. The first-order chi connectivity index (χ1) is 9.60. The van der Waals surface area contributed by atoms with Gasteiger partial charge in [-0.15, -0.1) is 0 Å². The second-order valence-electron chi connectivity index (χ2n) is 4.04. The van der Waals surface area contributed by atoms with E-state index in [9.17, 15) is 4.79 Å². The Morgan fingerprint density at radius 1 is 1.30 bits per heavy atom. The summed E-state index contributed by atoms with van der Waals surface area (Å²) in [6.07, 6.45) is 0. The Balaban J connectivity index is 2.11. The van der Waals surface area contributed by atoms with Crippen LogP contribution in [0.25, 0.3) is 0 Å². The molecule has 3 N–H and O–H groups in total. The van der Waals surface area contributed by atoms with Crippen molar-refractivity contribution in [3.05, 3.63) is 63.1 Å². The first-order valence-electron chi connectivity index (χ1n) is 5.78. The Bertz CT molecular complexity index is 634. The van der Waals surface area contributed by atoms with Crippen LogP contribution in [-0.2, 0) is 6.61 Å². The van der Waals surface area contributed by atoms with Crippen molar-refractivity contribution in [2.24, 2.45) is 5.84 Å². The molecule has 0 spiro atoms. The molecule has 2 aromatic carbocycles. The molecule has 0 fully saturated rings. The highest BCUT2D eigenvalue weighted by molar-refractivity contribution is 9.10. The summed E-state index contributed by atoms with van der Waals surface area (Å²) < 4.78 is 6.53. The fourth-order valence-corrected chi connectivity index (χ4v) is 2.15. The lowest BCUT2D eigenvalue weighted by atomic mass is 10.1. The van der Waals surface area contributed by atoms with Crippen molar-refractivity contribution in [2.75, 3.05) is 0 Å². The van der Waals surface area contributed by atoms with Crippen LogP contribution in [0.1, 0.15) is 15.9 Å². The molecule has 20 heavy (non-hydrogen) atoms. The van der Waals surface area contributed by atoms with E-state index in [1.165, 1.54) is 0 Å². The Hall–Kier alpha value is -1.56. The summed E-state index contributed by atoms with van der Waals surface area (Å²) in [6.45, 7) is 0.307. The van der Waals surface area contributed by atoms with Crippen molar-refractivity contribution in [3.8, 4) is 5.75 Å². The third kappa shape index (κ3) is 3.72. The van der Waals surface area contributed by atoms with E-state index in [4.69, 9.17) is 22.2 Å². The van der Waals surface area contributed by atoms with Crippen LogP contribution in [0.3, 0.4) is 0 Å². The molecule has 0 saturated heterocycles. The largest absolute Gasteiger partial charge is 0.487 e. The zero-order chi connectivity index (χ0) is 14.5. The number of halogens is 2. The Labute approximate surface area is 130 Å². The zero-order valence-electron chi connectivity index (χ0n) is 10.4. The van der Waals surface area contributed by atoms with Gasteiger partial charge in [-0.25, -0.2) is 5.84 Å². The van der Waals surface area contributed by atoms with E-state index in [0.29, 0.717) is 22.9 Å². The summed E-state index contributed by atoms with van der Waals surface area (Å²) in [4.78, 5) is 11.4. The smallest absolute Gasteiger partial charge is 0.265 e. The number of rotatable bonds is 4. The normalized spacial score (nSPS) is 10.2. The van der Waals surface area contributed by atoms with Crippen molar-refractivity contribution in [1.82, 2.24) is 5.43 Å². The van der Waals surface area contributed by atoms with Gasteiger partial charge in [-0.1, -0.05) is 39.7 Å². The van der Waals surface area contributed by atoms with Gasteiger partial charge in [-0.05, 0) is 35.9 Å². The van der Waals surface area contributed by atoms with E-state index in [-0.39, 0.29) is 5.91 Å². The van der Waals surface area contributed by atoms with Gasteiger partial charge in [-0.3, -0.25) is 10.2 Å². The Kier molecular flexibility index (Phi) is 5.00. The average Bonchev–Trinajstić information content (AvgIpc) is 2.47. The third-order valence-corrected chi connectivity index (χ3v) is 3.41. The van der Waals surface area contributed by atoms with Gasteiger partial charge in [0.05, 0.1) is 5.02 Å². The molecule has 2 aromatic rings. The van der Waals surface area contributed by atoms with E-state index >= 15 is 0 Å². The minimum absolute atomic E-state index is 0.307. The quantitative estimate of drug-likeness (QED) is 0.502. The first kappa shape index (κ1) is 14.8. The van der Waals surface area contributed by atoms with Crippen LogP contribution >= 0.6 is 27.5 Å². The van der Waals surface area contributed by atoms with E-state index < -0.39 is 0 Å². The Morgan fingerprint density at radius 3 is 2.85 bits per heavy atom. The van der Waals surface area contributed by atoms with Gasteiger partial charge in [0.25, 0.3) is 5.91 Å². The van der Waals surface area contributed by atoms with Crippen molar-refractivity contribution in [3.63, 3.8) is 0 Å². The van der Waals surface area contributed by atoms with E-state index in [0.717, 1.165) is 10.0 Å². The summed E-state index contributed by atoms with van der Waals surface area (Å²) >= 11 is 9.40. The van der Waals surface area contributed by atoms with Crippen LogP contribution in [0.2, 0.25) is 5.02 Å². The van der Waals surface area contributed by atoms with Crippen LogP contribution in [-0.4, -0.2) is 5.91 Å². The van der Waals surface area contributed by atoms with Gasteiger partial charge in [-0.2, -0.15) is 0 Å². The predicted octanol–water partition coefficient (Wildman–Crippen LogP) is 3.29. The number of nitrogen functional groups attached to an aromatic ring is 1. The molecule has 0 aliphatic heterocycles. The first-order valence-corrected chi connectivity index (χ1v) is 6.95. The molecule has 0 aromatic heterocycles. The number of nitrogens with two attached hydrogens (primary N) is 1. The number of ether oxygens (including phenoxy) is 1. The maximum absolute atomic E-state index is 11.4. The van der Waals surface area contributed by atoms with Crippen LogP contribution in [0.5, 0.6) is 5.75 Å². The molecule has 6 heteroatoms. The van der Waals surface area contributed by atoms with Gasteiger partial charge in [0.1, 0.15) is 12.4 Å². The van der Waals surface area contributed by atoms with Crippen molar-refractivity contribution in [2.45, 2.75) is 6.61 Å². The number of carbonyl (C=O) groups is 1. The van der Waals surface area contributed by atoms with Gasteiger partial charge in [0.2, 0.25) is 0 Å². The van der Waals surface area contributed by atoms with Crippen molar-refractivity contribution < 1.29 is 9.53 Å². The standard InChI is InChI=1S/C14H12BrClN2O2/c15-11-4-5-12(16)13(7-11)20-8-9-2-1-3-10(6-9)14(19)18-17/h1-7H,8,17H2,(H,18,19). The van der Waals surface area contributed by atoms with Crippen LogP contribution in [0.4, 0.5) is 0 Å². The zero-order valence-corrected chi connectivity index (χ0v) is 12.7. The second-order valence-corrected chi connectivity index (χ2v) is 5.36. The molecule has 0 heterocycles. The number of carbonyl (C=O) groups excluding carboxylic acids is 1. The van der Waals surface area contributed by atoms with E-state index in [2.05, 4.69) is 21.4 Å². The maximum atomic E-state index is 11.4. The van der Waals surface area contributed by atoms with Gasteiger partial charge >= 0.3 is 0 Å². The van der Waals surface area contributed by atoms with Gasteiger partial charge < -0.3 is 4.74 Å². The van der Waals surface area contributed by atoms with Crippen LogP contribution < -0.4 is 16.0 Å². The van der Waals surface area contributed by atoms with Gasteiger partial charge in [0.15, 0.2) is 0 Å². The molecule has 0 unspecified atom stereocenters. The lowest BCUT2D eigenvalue weighted by Crippen LogP contribution is -2.30. The Morgan fingerprint density at radius 2 is 2.10 bits per heavy atom.